The van der Waals surface area contributed by atoms with Gasteiger partial charge in [-0.05, 0) is 29.0 Å². The number of aromatic hydroxyl groups is 1. The molecule has 1 aromatic rings. The minimum atomic E-state index is -0.866. The zero-order chi connectivity index (χ0) is 12.3. The van der Waals surface area contributed by atoms with Crippen LogP contribution in [0.4, 0.5) is 4.39 Å². The van der Waals surface area contributed by atoms with E-state index in [0.29, 0.717) is 0 Å². The number of ketones is 1. The first-order chi connectivity index (χ1) is 7.52. The number of methoxy groups -OCH3 is 1. The average molecular weight is 292 g/mol. The van der Waals surface area contributed by atoms with Gasteiger partial charge in [0, 0.05) is 4.47 Å². The van der Waals surface area contributed by atoms with Crippen molar-refractivity contribution in [1.82, 2.24) is 5.32 Å². The SMILES string of the molecule is CNCC(=O)c1c(Br)cc(O)c(OC)c1F. The molecule has 0 unspecified atom stereocenters. The van der Waals surface area contributed by atoms with Crippen molar-refractivity contribution in [3.63, 3.8) is 0 Å². The van der Waals surface area contributed by atoms with Gasteiger partial charge in [-0.2, -0.15) is 0 Å². The van der Waals surface area contributed by atoms with Gasteiger partial charge in [0.05, 0.1) is 19.2 Å². The van der Waals surface area contributed by atoms with E-state index in [1.165, 1.54) is 13.2 Å². The number of rotatable bonds is 4. The van der Waals surface area contributed by atoms with E-state index in [9.17, 15) is 14.3 Å². The van der Waals surface area contributed by atoms with Crippen LogP contribution >= 0.6 is 15.9 Å². The van der Waals surface area contributed by atoms with Crippen LogP contribution in [-0.4, -0.2) is 31.6 Å². The smallest absolute Gasteiger partial charge is 0.197 e. The zero-order valence-electron chi connectivity index (χ0n) is 8.80. The van der Waals surface area contributed by atoms with E-state index < -0.39 is 11.6 Å². The lowest BCUT2D eigenvalue weighted by molar-refractivity contribution is 0.0988. The summed E-state index contributed by atoms with van der Waals surface area (Å²) >= 11 is 3.03. The fourth-order valence-corrected chi connectivity index (χ4v) is 1.90. The second-order valence-electron chi connectivity index (χ2n) is 3.05. The molecule has 0 saturated heterocycles. The van der Waals surface area contributed by atoms with E-state index in [1.807, 2.05) is 0 Å². The van der Waals surface area contributed by atoms with Crippen LogP contribution < -0.4 is 10.1 Å². The van der Waals surface area contributed by atoms with Gasteiger partial charge in [-0.15, -0.1) is 0 Å². The molecule has 0 amide bonds. The standard InChI is InChI=1S/C10H11BrFNO3/c1-13-4-7(15)8-5(11)3-6(14)10(16-2)9(8)12/h3,13-14H,4H2,1-2H3. The Morgan fingerprint density at radius 2 is 2.31 bits per heavy atom. The van der Waals surface area contributed by atoms with Crippen LogP contribution in [0.2, 0.25) is 0 Å². The molecular formula is C10H11BrFNO3. The zero-order valence-corrected chi connectivity index (χ0v) is 10.4. The van der Waals surface area contributed by atoms with Crippen LogP contribution in [-0.2, 0) is 0 Å². The van der Waals surface area contributed by atoms with Gasteiger partial charge in [-0.25, -0.2) is 4.39 Å². The molecule has 0 atom stereocenters. The van der Waals surface area contributed by atoms with Gasteiger partial charge < -0.3 is 15.2 Å². The molecule has 0 aromatic heterocycles. The van der Waals surface area contributed by atoms with Gasteiger partial charge in [-0.1, -0.05) is 0 Å². The van der Waals surface area contributed by atoms with Crippen molar-refractivity contribution in [1.29, 1.82) is 0 Å². The van der Waals surface area contributed by atoms with Crippen molar-refractivity contribution in [2.45, 2.75) is 0 Å². The summed E-state index contributed by atoms with van der Waals surface area (Å²) in [5.41, 5.74) is -0.135. The predicted molar refractivity (Wildman–Crippen MR) is 60.6 cm³/mol. The highest BCUT2D eigenvalue weighted by molar-refractivity contribution is 9.10. The maximum Gasteiger partial charge on any atom is 0.197 e. The maximum absolute atomic E-state index is 13.8. The number of hydrogen-bond acceptors (Lipinski definition) is 4. The van der Waals surface area contributed by atoms with Crippen molar-refractivity contribution < 1.29 is 19.0 Å². The molecule has 6 heteroatoms. The number of Topliss-reactive ketones (excluding diaryl/α,β-unsaturated/α-hetero) is 1. The first-order valence-corrected chi connectivity index (χ1v) is 5.25. The number of phenolic OH excluding ortho intramolecular Hbond substituents is 1. The van der Waals surface area contributed by atoms with E-state index >= 15 is 0 Å². The molecule has 1 rings (SSSR count). The summed E-state index contributed by atoms with van der Waals surface area (Å²) in [7, 11) is 2.81. The number of carbonyl (C=O) groups is 1. The van der Waals surface area contributed by atoms with Gasteiger partial charge >= 0.3 is 0 Å². The quantitative estimate of drug-likeness (QED) is 0.829. The fraction of sp³-hybridized carbons (Fsp3) is 0.300. The number of likely N-dealkylation sites (N-methyl/N-ethyl adjacent to an activating group) is 1. The number of benzene rings is 1. The van der Waals surface area contributed by atoms with Gasteiger partial charge in [0.1, 0.15) is 0 Å². The summed E-state index contributed by atoms with van der Waals surface area (Å²) in [4.78, 5) is 11.6. The molecule has 0 fully saturated rings. The summed E-state index contributed by atoms with van der Waals surface area (Å²) in [5.74, 6) is -1.98. The molecule has 1 aromatic carbocycles. The number of ether oxygens (including phenoxy) is 1. The minimum absolute atomic E-state index is 0.00342. The Hall–Kier alpha value is -1.14. The lowest BCUT2D eigenvalue weighted by Gasteiger charge is -2.10. The van der Waals surface area contributed by atoms with Crippen molar-refractivity contribution >= 4 is 21.7 Å². The Kier molecular flexibility index (Phi) is 4.26. The molecule has 0 spiro atoms. The van der Waals surface area contributed by atoms with E-state index in [-0.39, 0.29) is 28.1 Å². The Labute approximate surface area is 101 Å². The maximum atomic E-state index is 13.8. The van der Waals surface area contributed by atoms with Crippen molar-refractivity contribution in [3.05, 3.63) is 21.9 Å². The van der Waals surface area contributed by atoms with Crippen LogP contribution in [0, 0.1) is 5.82 Å². The third-order valence-corrected chi connectivity index (χ3v) is 2.60. The number of carbonyl (C=O) groups excluding carboxylic acids is 1. The Balaban J connectivity index is 3.33. The van der Waals surface area contributed by atoms with E-state index in [2.05, 4.69) is 26.0 Å². The Morgan fingerprint density at radius 1 is 1.69 bits per heavy atom. The summed E-state index contributed by atoms with van der Waals surface area (Å²) < 4.78 is 18.7. The minimum Gasteiger partial charge on any atom is -0.504 e. The number of halogens is 2. The van der Waals surface area contributed by atoms with Crippen molar-refractivity contribution in [3.8, 4) is 11.5 Å². The van der Waals surface area contributed by atoms with Crippen molar-refractivity contribution in [2.24, 2.45) is 0 Å². The first-order valence-electron chi connectivity index (χ1n) is 4.45. The molecule has 0 heterocycles. The molecule has 0 bridgehead atoms. The predicted octanol–water partition coefficient (Wildman–Crippen LogP) is 1.70. The van der Waals surface area contributed by atoms with E-state index in [1.54, 1.807) is 7.05 Å². The number of phenols is 1. The summed E-state index contributed by atoms with van der Waals surface area (Å²) in [6.07, 6.45) is 0. The van der Waals surface area contributed by atoms with Crippen LogP contribution in [0.1, 0.15) is 10.4 Å². The summed E-state index contributed by atoms with van der Waals surface area (Å²) in [6.45, 7) is 0.00342. The lowest BCUT2D eigenvalue weighted by Crippen LogP contribution is -2.20. The second kappa shape index (κ2) is 5.27. The monoisotopic (exact) mass is 291 g/mol. The first kappa shape index (κ1) is 12.9. The number of nitrogens with one attached hydrogen (secondary N) is 1. The Morgan fingerprint density at radius 3 is 2.81 bits per heavy atom. The lowest BCUT2D eigenvalue weighted by atomic mass is 10.1. The molecule has 0 aliphatic carbocycles. The van der Waals surface area contributed by atoms with Gasteiger partial charge in [0.2, 0.25) is 0 Å². The van der Waals surface area contributed by atoms with Crippen LogP contribution in [0.15, 0.2) is 10.5 Å². The van der Waals surface area contributed by atoms with Gasteiger partial charge in [0.15, 0.2) is 23.1 Å². The molecule has 2 N–H and O–H groups in total. The van der Waals surface area contributed by atoms with Crippen LogP contribution in [0.5, 0.6) is 11.5 Å². The summed E-state index contributed by atoms with van der Waals surface area (Å²) in [5, 5.41) is 12.0. The summed E-state index contributed by atoms with van der Waals surface area (Å²) in [6, 6.07) is 1.23. The highest BCUT2D eigenvalue weighted by Crippen LogP contribution is 2.36. The largest absolute Gasteiger partial charge is 0.504 e. The third kappa shape index (κ3) is 2.33. The third-order valence-electron chi connectivity index (χ3n) is 1.97. The van der Waals surface area contributed by atoms with Gasteiger partial charge in [0.25, 0.3) is 0 Å². The molecule has 0 aliphatic rings. The van der Waals surface area contributed by atoms with Crippen molar-refractivity contribution in [2.75, 3.05) is 20.7 Å². The molecule has 0 radical (unpaired) electrons. The van der Waals surface area contributed by atoms with Crippen LogP contribution in [0.3, 0.4) is 0 Å². The topological polar surface area (TPSA) is 58.6 Å². The molecule has 0 saturated carbocycles. The fourth-order valence-electron chi connectivity index (χ4n) is 1.29. The normalized spacial score (nSPS) is 10.2. The molecule has 88 valence electrons. The second-order valence-corrected chi connectivity index (χ2v) is 3.91. The molecular weight excluding hydrogens is 281 g/mol. The molecule has 0 aliphatic heterocycles. The number of hydrogen-bond donors (Lipinski definition) is 2. The van der Waals surface area contributed by atoms with E-state index in [0.717, 1.165) is 0 Å². The average Bonchev–Trinajstić information content (AvgIpc) is 2.17. The van der Waals surface area contributed by atoms with E-state index in [4.69, 9.17) is 0 Å². The Bertz CT molecular complexity index is 423. The molecule has 16 heavy (non-hydrogen) atoms. The molecule has 4 nitrogen and oxygen atoms in total. The highest BCUT2D eigenvalue weighted by atomic mass is 79.9. The van der Waals surface area contributed by atoms with Gasteiger partial charge in [-0.3, -0.25) is 4.79 Å². The highest BCUT2D eigenvalue weighted by Gasteiger charge is 2.22. The van der Waals surface area contributed by atoms with Crippen LogP contribution in [0.25, 0.3) is 0 Å².